The normalized spacial score (nSPS) is 16.4. The van der Waals surface area contributed by atoms with Gasteiger partial charge in [0.25, 0.3) is 5.91 Å². The monoisotopic (exact) mass is 402 g/mol. The molecule has 0 saturated carbocycles. The molecule has 26 heavy (non-hydrogen) atoms. The van der Waals surface area contributed by atoms with Crippen molar-refractivity contribution < 1.29 is 9.59 Å². The van der Waals surface area contributed by atoms with Gasteiger partial charge in [-0.15, -0.1) is 24.8 Å². The largest absolute Gasteiger partial charge is 0.385 e. The number of rotatable bonds is 4. The van der Waals surface area contributed by atoms with Crippen LogP contribution in [0.15, 0.2) is 18.2 Å². The minimum absolute atomic E-state index is 0. The molecule has 0 radical (unpaired) electrons. The maximum Gasteiger partial charge on any atom is 0.254 e. The van der Waals surface area contributed by atoms with Crippen molar-refractivity contribution in [2.75, 3.05) is 51.1 Å². The second-order valence-electron chi connectivity index (χ2n) is 6.38. The number of likely N-dealkylation sites (N-methyl/N-ethyl adjacent to an activating group) is 1. The number of fused-ring (bicyclic) bond motifs is 1. The molecule has 2 heterocycles. The zero-order valence-corrected chi connectivity index (χ0v) is 16.8. The third-order valence-corrected chi connectivity index (χ3v) is 4.73. The van der Waals surface area contributed by atoms with E-state index in [4.69, 9.17) is 0 Å². The van der Waals surface area contributed by atoms with Gasteiger partial charge in [-0.05, 0) is 37.5 Å². The topological polar surface area (TPSA) is 64.7 Å². The van der Waals surface area contributed by atoms with Gasteiger partial charge >= 0.3 is 0 Å². The van der Waals surface area contributed by atoms with Crippen LogP contribution in [0.25, 0.3) is 0 Å². The van der Waals surface area contributed by atoms with Crippen LogP contribution in [0.5, 0.6) is 0 Å². The second-order valence-corrected chi connectivity index (χ2v) is 6.38. The van der Waals surface area contributed by atoms with Crippen LogP contribution in [-0.4, -0.2) is 67.4 Å². The first kappa shape index (κ1) is 22.5. The summed E-state index contributed by atoms with van der Waals surface area (Å²) < 4.78 is 0. The molecule has 1 aromatic carbocycles. The number of nitrogens with one attached hydrogen (secondary N) is 2. The highest BCUT2D eigenvalue weighted by Crippen LogP contribution is 2.26. The number of benzene rings is 1. The molecule has 2 N–H and O–H groups in total. The molecular formula is C18H28Cl2N4O2. The van der Waals surface area contributed by atoms with Crippen molar-refractivity contribution in [2.45, 2.75) is 19.8 Å². The first-order valence-corrected chi connectivity index (χ1v) is 8.83. The maximum atomic E-state index is 12.9. The summed E-state index contributed by atoms with van der Waals surface area (Å²) in [6, 6.07) is 5.94. The zero-order valence-electron chi connectivity index (χ0n) is 15.1. The summed E-state index contributed by atoms with van der Waals surface area (Å²) in [5.74, 6) is 0.175. The first-order valence-electron chi connectivity index (χ1n) is 8.83. The summed E-state index contributed by atoms with van der Waals surface area (Å²) in [7, 11) is 0. The Kier molecular flexibility index (Phi) is 9.19. The standard InChI is InChI=1S/C18H26N4O2.2ClH/c1-2-19-17(23)13-21-9-11-22(12-10-21)18(24)15-5-3-7-16-14(15)6-4-8-20-16;;/h3,5,7,20H,2,4,6,8-13H2,1H3,(H,19,23);2*1H. The molecule has 0 spiro atoms. The Bertz CT molecular complexity index is 619. The predicted molar refractivity (Wildman–Crippen MR) is 109 cm³/mol. The van der Waals surface area contributed by atoms with Gasteiger partial charge in [-0.3, -0.25) is 14.5 Å². The summed E-state index contributed by atoms with van der Waals surface area (Å²) in [6.07, 6.45) is 2.03. The summed E-state index contributed by atoms with van der Waals surface area (Å²) in [4.78, 5) is 28.6. The minimum atomic E-state index is 0. The molecule has 2 aliphatic heterocycles. The Morgan fingerprint density at radius 3 is 2.58 bits per heavy atom. The van der Waals surface area contributed by atoms with Crippen molar-refractivity contribution in [1.29, 1.82) is 0 Å². The maximum absolute atomic E-state index is 12.9. The third kappa shape index (κ3) is 5.25. The number of anilines is 1. The van der Waals surface area contributed by atoms with Gasteiger partial charge < -0.3 is 15.5 Å². The van der Waals surface area contributed by atoms with Crippen molar-refractivity contribution >= 4 is 42.3 Å². The van der Waals surface area contributed by atoms with Gasteiger partial charge in [-0.1, -0.05) is 6.07 Å². The first-order chi connectivity index (χ1) is 11.7. The van der Waals surface area contributed by atoms with E-state index >= 15 is 0 Å². The fourth-order valence-electron chi connectivity index (χ4n) is 3.45. The SMILES string of the molecule is CCNC(=O)CN1CCN(C(=O)c2cccc3c2CCCN3)CC1.Cl.Cl. The lowest BCUT2D eigenvalue weighted by Gasteiger charge is -2.35. The van der Waals surface area contributed by atoms with E-state index in [1.54, 1.807) is 0 Å². The van der Waals surface area contributed by atoms with Crippen molar-refractivity contribution in [3.63, 3.8) is 0 Å². The molecule has 8 heteroatoms. The summed E-state index contributed by atoms with van der Waals surface area (Å²) in [5.41, 5.74) is 3.08. The molecule has 2 amide bonds. The number of carbonyl (C=O) groups excluding carboxylic acids is 2. The fourth-order valence-corrected chi connectivity index (χ4v) is 3.45. The van der Waals surface area contributed by atoms with Gasteiger partial charge in [0.2, 0.25) is 5.91 Å². The van der Waals surface area contributed by atoms with Crippen molar-refractivity contribution in [1.82, 2.24) is 15.1 Å². The van der Waals surface area contributed by atoms with Crippen LogP contribution >= 0.6 is 24.8 Å². The molecule has 0 aliphatic carbocycles. The van der Waals surface area contributed by atoms with Gasteiger partial charge in [-0.2, -0.15) is 0 Å². The van der Waals surface area contributed by atoms with Crippen molar-refractivity contribution in [3.8, 4) is 0 Å². The van der Waals surface area contributed by atoms with Gasteiger partial charge in [0, 0.05) is 50.5 Å². The number of amides is 2. The molecule has 1 saturated heterocycles. The van der Waals surface area contributed by atoms with Crippen LogP contribution < -0.4 is 10.6 Å². The average Bonchev–Trinajstić information content (AvgIpc) is 2.61. The lowest BCUT2D eigenvalue weighted by Crippen LogP contribution is -2.51. The van der Waals surface area contributed by atoms with E-state index in [1.165, 1.54) is 0 Å². The lowest BCUT2D eigenvalue weighted by molar-refractivity contribution is -0.122. The molecule has 1 aromatic rings. The number of carbonyl (C=O) groups is 2. The van der Waals surface area contributed by atoms with E-state index in [2.05, 4.69) is 21.6 Å². The highest BCUT2D eigenvalue weighted by atomic mass is 35.5. The quantitative estimate of drug-likeness (QED) is 0.805. The van der Waals surface area contributed by atoms with Gasteiger partial charge in [0.15, 0.2) is 0 Å². The van der Waals surface area contributed by atoms with E-state index in [9.17, 15) is 9.59 Å². The summed E-state index contributed by atoms with van der Waals surface area (Å²) in [5, 5.41) is 6.20. The lowest BCUT2D eigenvalue weighted by atomic mass is 9.96. The van der Waals surface area contributed by atoms with E-state index in [-0.39, 0.29) is 36.6 Å². The van der Waals surface area contributed by atoms with E-state index < -0.39 is 0 Å². The highest BCUT2D eigenvalue weighted by Gasteiger charge is 2.26. The third-order valence-electron chi connectivity index (χ3n) is 4.73. The van der Waals surface area contributed by atoms with E-state index in [1.807, 2.05) is 24.0 Å². The smallest absolute Gasteiger partial charge is 0.254 e. The Morgan fingerprint density at radius 2 is 1.88 bits per heavy atom. The Hall–Kier alpha value is -1.50. The number of nitrogens with zero attached hydrogens (tertiary/aromatic N) is 2. The molecule has 1 fully saturated rings. The van der Waals surface area contributed by atoms with Crippen LogP contribution in [-0.2, 0) is 11.2 Å². The molecule has 3 rings (SSSR count). The Balaban J connectivity index is 0.00000169. The average molecular weight is 403 g/mol. The van der Waals surface area contributed by atoms with E-state index in [0.29, 0.717) is 26.2 Å². The fraction of sp³-hybridized carbons (Fsp3) is 0.556. The second kappa shape index (κ2) is 10.6. The molecule has 146 valence electrons. The minimum Gasteiger partial charge on any atom is -0.385 e. The van der Waals surface area contributed by atoms with Gasteiger partial charge in [-0.25, -0.2) is 0 Å². The molecule has 6 nitrogen and oxygen atoms in total. The number of hydrogen-bond acceptors (Lipinski definition) is 4. The Labute approximate surface area is 167 Å². The molecule has 0 unspecified atom stereocenters. The molecule has 0 aromatic heterocycles. The number of piperazine rings is 1. The summed E-state index contributed by atoms with van der Waals surface area (Å²) in [6.45, 7) is 6.81. The van der Waals surface area contributed by atoms with Crippen molar-refractivity contribution in [2.24, 2.45) is 0 Å². The Morgan fingerprint density at radius 1 is 1.15 bits per heavy atom. The molecular weight excluding hydrogens is 375 g/mol. The predicted octanol–water partition coefficient (Wildman–Crippen LogP) is 1.78. The highest BCUT2D eigenvalue weighted by molar-refractivity contribution is 5.97. The van der Waals surface area contributed by atoms with Gasteiger partial charge in [0.05, 0.1) is 6.54 Å². The van der Waals surface area contributed by atoms with Crippen LogP contribution in [0.3, 0.4) is 0 Å². The van der Waals surface area contributed by atoms with Crippen LogP contribution in [0.4, 0.5) is 5.69 Å². The van der Waals surface area contributed by atoms with E-state index in [0.717, 1.165) is 49.3 Å². The molecule has 0 bridgehead atoms. The van der Waals surface area contributed by atoms with Crippen LogP contribution in [0.2, 0.25) is 0 Å². The summed E-state index contributed by atoms with van der Waals surface area (Å²) >= 11 is 0. The number of halogens is 2. The van der Waals surface area contributed by atoms with Gasteiger partial charge in [0.1, 0.15) is 0 Å². The van der Waals surface area contributed by atoms with Crippen LogP contribution in [0.1, 0.15) is 29.3 Å². The number of hydrogen-bond donors (Lipinski definition) is 2. The zero-order chi connectivity index (χ0) is 16.9. The molecule has 0 atom stereocenters. The van der Waals surface area contributed by atoms with Crippen LogP contribution in [0, 0.1) is 0 Å². The molecule has 2 aliphatic rings. The van der Waals surface area contributed by atoms with Crippen molar-refractivity contribution in [3.05, 3.63) is 29.3 Å².